The van der Waals surface area contributed by atoms with E-state index in [1.54, 1.807) is 19.6 Å². The van der Waals surface area contributed by atoms with E-state index in [0.717, 1.165) is 31.0 Å². The van der Waals surface area contributed by atoms with Crippen LogP contribution in [0.4, 0.5) is 5.82 Å². The fourth-order valence-corrected chi connectivity index (χ4v) is 2.71. The number of aromatic nitrogens is 3. The zero-order chi connectivity index (χ0) is 15.5. The second-order valence-corrected chi connectivity index (χ2v) is 5.71. The molecule has 2 aromatic heterocycles. The molecule has 0 bridgehead atoms. The number of anilines is 1. The van der Waals surface area contributed by atoms with Crippen LogP contribution in [0.1, 0.15) is 11.1 Å². The van der Waals surface area contributed by atoms with Gasteiger partial charge in [-0.05, 0) is 25.6 Å². The maximum absolute atomic E-state index is 5.17. The van der Waals surface area contributed by atoms with Crippen molar-refractivity contribution < 1.29 is 4.74 Å². The summed E-state index contributed by atoms with van der Waals surface area (Å²) in [5, 5.41) is 0. The van der Waals surface area contributed by atoms with E-state index < -0.39 is 0 Å². The van der Waals surface area contributed by atoms with Crippen molar-refractivity contribution in [3.05, 3.63) is 42.0 Å². The van der Waals surface area contributed by atoms with E-state index in [2.05, 4.69) is 38.7 Å². The molecule has 0 radical (unpaired) electrons. The van der Waals surface area contributed by atoms with Gasteiger partial charge in [-0.1, -0.05) is 0 Å². The van der Waals surface area contributed by atoms with E-state index in [4.69, 9.17) is 4.74 Å². The van der Waals surface area contributed by atoms with Crippen LogP contribution in [0, 0.1) is 6.92 Å². The van der Waals surface area contributed by atoms with E-state index >= 15 is 0 Å². The minimum atomic E-state index is 0.536. The lowest BCUT2D eigenvalue weighted by molar-refractivity contribution is 0.196. The Hall–Kier alpha value is -2.21. The summed E-state index contributed by atoms with van der Waals surface area (Å²) in [6.45, 7) is 4.93. The van der Waals surface area contributed by atoms with Crippen LogP contribution in [-0.4, -0.2) is 53.1 Å². The molecule has 2 aromatic rings. The number of methoxy groups -OCH3 is 1. The van der Waals surface area contributed by atoms with Crippen molar-refractivity contribution >= 4 is 5.82 Å². The second-order valence-electron chi connectivity index (χ2n) is 5.71. The van der Waals surface area contributed by atoms with Crippen molar-refractivity contribution in [1.29, 1.82) is 0 Å². The Morgan fingerprint density at radius 2 is 2.18 bits per heavy atom. The van der Waals surface area contributed by atoms with Gasteiger partial charge in [0, 0.05) is 49.7 Å². The lowest BCUT2D eigenvalue weighted by Gasteiger charge is -2.45. The number of hydrogen-bond donors (Lipinski definition) is 0. The first-order valence-electron chi connectivity index (χ1n) is 7.38. The SMILES string of the molecule is COc1cc(CN(C)C2CN(c3ncncc3C)C2)ccn1. The molecule has 0 atom stereocenters. The summed E-state index contributed by atoms with van der Waals surface area (Å²) in [6.07, 6.45) is 5.27. The first-order valence-corrected chi connectivity index (χ1v) is 7.38. The normalized spacial score (nSPS) is 15.0. The molecular formula is C16H21N5O. The van der Waals surface area contributed by atoms with Crippen LogP contribution in [0.3, 0.4) is 0 Å². The van der Waals surface area contributed by atoms with E-state index in [0.29, 0.717) is 11.9 Å². The van der Waals surface area contributed by atoms with Crippen LogP contribution < -0.4 is 9.64 Å². The number of ether oxygens (including phenoxy) is 1. The molecule has 1 fully saturated rings. The predicted octanol–water partition coefficient (Wildman–Crippen LogP) is 1.51. The summed E-state index contributed by atoms with van der Waals surface area (Å²) >= 11 is 0. The number of aryl methyl sites for hydroxylation is 1. The van der Waals surface area contributed by atoms with Crippen LogP contribution >= 0.6 is 0 Å². The van der Waals surface area contributed by atoms with Crippen molar-refractivity contribution in [2.24, 2.45) is 0 Å². The molecule has 6 nitrogen and oxygen atoms in total. The van der Waals surface area contributed by atoms with Crippen molar-refractivity contribution in [1.82, 2.24) is 19.9 Å². The van der Waals surface area contributed by atoms with Crippen molar-refractivity contribution in [2.45, 2.75) is 19.5 Å². The van der Waals surface area contributed by atoms with Crippen molar-refractivity contribution in [3.8, 4) is 5.88 Å². The Morgan fingerprint density at radius 1 is 1.36 bits per heavy atom. The molecule has 0 saturated carbocycles. The van der Waals surface area contributed by atoms with Gasteiger partial charge in [-0.25, -0.2) is 15.0 Å². The van der Waals surface area contributed by atoms with Gasteiger partial charge in [0.05, 0.1) is 7.11 Å². The highest BCUT2D eigenvalue weighted by Gasteiger charge is 2.31. The average molecular weight is 299 g/mol. The number of hydrogen-bond acceptors (Lipinski definition) is 6. The van der Waals surface area contributed by atoms with E-state index in [-0.39, 0.29) is 0 Å². The van der Waals surface area contributed by atoms with Gasteiger partial charge < -0.3 is 9.64 Å². The molecule has 0 spiro atoms. The van der Waals surface area contributed by atoms with E-state index in [1.807, 2.05) is 18.3 Å². The number of likely N-dealkylation sites (N-methyl/N-ethyl adjacent to an activating group) is 1. The van der Waals surface area contributed by atoms with Crippen molar-refractivity contribution in [2.75, 3.05) is 32.1 Å². The largest absolute Gasteiger partial charge is 0.481 e. The minimum absolute atomic E-state index is 0.536. The lowest BCUT2D eigenvalue weighted by atomic mass is 10.1. The quantitative estimate of drug-likeness (QED) is 0.834. The first-order chi connectivity index (χ1) is 10.7. The molecule has 1 aliphatic rings. The maximum atomic E-state index is 5.17. The Morgan fingerprint density at radius 3 is 2.91 bits per heavy atom. The van der Waals surface area contributed by atoms with Crippen LogP contribution in [0.25, 0.3) is 0 Å². The lowest BCUT2D eigenvalue weighted by Crippen LogP contribution is -2.58. The zero-order valence-corrected chi connectivity index (χ0v) is 13.2. The van der Waals surface area contributed by atoms with Crippen molar-refractivity contribution in [3.63, 3.8) is 0 Å². The van der Waals surface area contributed by atoms with Crippen LogP contribution in [0.5, 0.6) is 5.88 Å². The van der Waals surface area contributed by atoms with Crippen LogP contribution in [0.15, 0.2) is 30.9 Å². The molecule has 116 valence electrons. The Labute approximate surface area is 130 Å². The third-order valence-corrected chi connectivity index (χ3v) is 4.09. The molecule has 3 rings (SSSR count). The van der Waals surface area contributed by atoms with E-state index in [9.17, 15) is 0 Å². The Balaban J connectivity index is 1.57. The minimum Gasteiger partial charge on any atom is -0.481 e. The molecule has 22 heavy (non-hydrogen) atoms. The van der Waals surface area contributed by atoms with Gasteiger partial charge in [0.25, 0.3) is 0 Å². The highest BCUT2D eigenvalue weighted by Crippen LogP contribution is 2.24. The van der Waals surface area contributed by atoms with Gasteiger partial charge in [-0.2, -0.15) is 0 Å². The summed E-state index contributed by atoms with van der Waals surface area (Å²) in [6, 6.07) is 4.56. The summed E-state index contributed by atoms with van der Waals surface area (Å²) in [4.78, 5) is 17.2. The first kappa shape index (κ1) is 14.7. The smallest absolute Gasteiger partial charge is 0.213 e. The number of rotatable bonds is 5. The molecule has 0 unspecified atom stereocenters. The third-order valence-electron chi connectivity index (χ3n) is 4.09. The molecule has 1 saturated heterocycles. The van der Waals surface area contributed by atoms with Crippen LogP contribution in [-0.2, 0) is 6.54 Å². The molecule has 6 heteroatoms. The van der Waals surface area contributed by atoms with Gasteiger partial charge in [-0.15, -0.1) is 0 Å². The van der Waals surface area contributed by atoms with Gasteiger partial charge in [0.1, 0.15) is 12.1 Å². The van der Waals surface area contributed by atoms with Gasteiger partial charge >= 0.3 is 0 Å². The van der Waals surface area contributed by atoms with Gasteiger partial charge in [0.15, 0.2) is 0 Å². The Bertz CT molecular complexity index is 642. The number of nitrogens with zero attached hydrogens (tertiary/aromatic N) is 5. The predicted molar refractivity (Wildman–Crippen MR) is 85.0 cm³/mol. The molecule has 3 heterocycles. The fraction of sp³-hybridized carbons (Fsp3) is 0.438. The summed E-state index contributed by atoms with van der Waals surface area (Å²) < 4.78 is 5.17. The molecule has 0 amide bonds. The van der Waals surface area contributed by atoms with Crippen LogP contribution in [0.2, 0.25) is 0 Å². The molecule has 0 N–H and O–H groups in total. The zero-order valence-electron chi connectivity index (χ0n) is 13.2. The summed E-state index contributed by atoms with van der Waals surface area (Å²) in [5.41, 5.74) is 2.34. The molecular weight excluding hydrogens is 278 g/mol. The summed E-state index contributed by atoms with van der Waals surface area (Å²) in [7, 11) is 3.80. The number of pyridine rings is 1. The second kappa shape index (κ2) is 6.27. The Kier molecular flexibility index (Phi) is 4.20. The maximum Gasteiger partial charge on any atom is 0.213 e. The van der Waals surface area contributed by atoms with Gasteiger partial charge in [0.2, 0.25) is 5.88 Å². The topological polar surface area (TPSA) is 54.4 Å². The monoisotopic (exact) mass is 299 g/mol. The summed E-state index contributed by atoms with van der Waals surface area (Å²) in [5.74, 6) is 1.71. The third kappa shape index (κ3) is 3.01. The van der Waals surface area contributed by atoms with Gasteiger partial charge in [-0.3, -0.25) is 4.90 Å². The molecule has 0 aromatic carbocycles. The average Bonchev–Trinajstić information content (AvgIpc) is 2.48. The van der Waals surface area contributed by atoms with E-state index in [1.165, 1.54) is 5.56 Å². The standard InChI is InChI=1S/C16H21N5O/c1-12-7-17-11-19-16(12)21-9-14(10-21)20(2)8-13-4-5-18-15(6-13)22-3/h4-7,11,14H,8-10H2,1-3H3. The highest BCUT2D eigenvalue weighted by atomic mass is 16.5. The molecule has 1 aliphatic heterocycles. The highest BCUT2D eigenvalue weighted by molar-refractivity contribution is 5.47. The fourth-order valence-electron chi connectivity index (χ4n) is 2.71. The molecule has 0 aliphatic carbocycles.